The van der Waals surface area contributed by atoms with Crippen molar-refractivity contribution in [3.63, 3.8) is 0 Å². The van der Waals surface area contributed by atoms with E-state index in [9.17, 15) is 8.42 Å². The molecule has 2 heterocycles. The summed E-state index contributed by atoms with van der Waals surface area (Å²) in [5.41, 5.74) is 1.24. The van der Waals surface area contributed by atoms with Crippen LogP contribution in [-0.2, 0) is 9.84 Å². The molecule has 2 atom stereocenters. The third kappa shape index (κ3) is 3.86. The van der Waals surface area contributed by atoms with Crippen LogP contribution >= 0.6 is 0 Å². The Morgan fingerprint density at radius 3 is 2.42 bits per heavy atom. The van der Waals surface area contributed by atoms with Crippen LogP contribution in [0.1, 0.15) is 26.7 Å². The molecule has 0 unspecified atom stereocenters. The predicted molar refractivity (Wildman–Crippen MR) is 97.7 cm³/mol. The number of anilines is 1. The van der Waals surface area contributed by atoms with E-state index in [1.54, 1.807) is 0 Å². The first-order valence-electron chi connectivity index (χ1n) is 8.96. The summed E-state index contributed by atoms with van der Waals surface area (Å²) in [5, 5.41) is 0. The Labute approximate surface area is 145 Å². The molecule has 2 fully saturated rings. The molecule has 6 heteroatoms. The minimum Gasteiger partial charge on any atom is -0.494 e. The number of hydrogen-bond acceptors (Lipinski definition) is 5. The summed E-state index contributed by atoms with van der Waals surface area (Å²) in [5.74, 6) is 1.52. The molecule has 5 nitrogen and oxygen atoms in total. The molecule has 2 aliphatic rings. The van der Waals surface area contributed by atoms with Gasteiger partial charge in [0, 0.05) is 43.2 Å². The number of hydrogen-bond donors (Lipinski definition) is 0. The summed E-state index contributed by atoms with van der Waals surface area (Å²) in [6.45, 7) is 7.24. The molecule has 2 aliphatic heterocycles. The highest BCUT2D eigenvalue weighted by atomic mass is 32.2. The highest BCUT2D eigenvalue weighted by Crippen LogP contribution is 2.35. The van der Waals surface area contributed by atoms with Gasteiger partial charge in [-0.15, -0.1) is 0 Å². The van der Waals surface area contributed by atoms with Crippen molar-refractivity contribution in [2.75, 3.05) is 42.6 Å². The summed E-state index contributed by atoms with van der Waals surface area (Å²) in [6.07, 6.45) is 1.85. The lowest BCUT2D eigenvalue weighted by atomic mass is 10.2. The topological polar surface area (TPSA) is 49.9 Å². The average Bonchev–Trinajstić information content (AvgIpc) is 3.14. The first-order chi connectivity index (χ1) is 11.5. The zero-order chi connectivity index (χ0) is 17.2. The molecule has 0 aliphatic carbocycles. The number of piperazine rings is 1. The second-order valence-electron chi connectivity index (χ2n) is 6.77. The lowest BCUT2D eigenvalue weighted by molar-refractivity contribution is 0.252. The van der Waals surface area contributed by atoms with E-state index < -0.39 is 9.84 Å². The van der Waals surface area contributed by atoms with Gasteiger partial charge in [-0.2, -0.15) is 0 Å². The number of sulfone groups is 1. The fourth-order valence-corrected chi connectivity index (χ4v) is 5.25. The molecule has 0 spiro atoms. The van der Waals surface area contributed by atoms with Crippen LogP contribution in [0.25, 0.3) is 0 Å². The predicted octanol–water partition coefficient (Wildman–Crippen LogP) is 2.17. The van der Waals surface area contributed by atoms with Gasteiger partial charge in [-0.3, -0.25) is 4.90 Å². The first kappa shape index (κ1) is 17.5. The molecule has 1 aromatic rings. The van der Waals surface area contributed by atoms with Crippen LogP contribution in [0.4, 0.5) is 5.69 Å². The van der Waals surface area contributed by atoms with Crippen molar-refractivity contribution in [1.29, 1.82) is 0 Å². The van der Waals surface area contributed by atoms with E-state index in [-0.39, 0.29) is 0 Å². The van der Waals surface area contributed by atoms with Crippen molar-refractivity contribution in [1.82, 2.24) is 4.90 Å². The summed E-state index contributed by atoms with van der Waals surface area (Å²) < 4.78 is 29.3. The number of likely N-dealkylation sites (tertiary alicyclic amines) is 1. The number of ether oxygens (including phenoxy) is 1. The van der Waals surface area contributed by atoms with Crippen molar-refractivity contribution in [3.05, 3.63) is 24.3 Å². The van der Waals surface area contributed by atoms with Gasteiger partial charge >= 0.3 is 0 Å². The molecule has 0 amide bonds. The highest BCUT2D eigenvalue weighted by molar-refractivity contribution is 7.91. The third-order valence-corrected chi connectivity index (χ3v) is 6.87. The second-order valence-corrected chi connectivity index (χ2v) is 9.07. The van der Waals surface area contributed by atoms with E-state index >= 15 is 0 Å². The van der Waals surface area contributed by atoms with Gasteiger partial charge in [0.15, 0.2) is 9.84 Å². The zero-order valence-corrected chi connectivity index (χ0v) is 15.5. The summed E-state index contributed by atoms with van der Waals surface area (Å²) >= 11 is 0. The molecule has 0 N–H and O–H groups in total. The summed E-state index contributed by atoms with van der Waals surface area (Å²) in [6, 6.07) is 9.30. The Morgan fingerprint density at radius 1 is 1.08 bits per heavy atom. The van der Waals surface area contributed by atoms with Crippen LogP contribution in [0.2, 0.25) is 0 Å². The van der Waals surface area contributed by atoms with Crippen LogP contribution in [0.5, 0.6) is 5.75 Å². The van der Waals surface area contributed by atoms with Gasteiger partial charge in [0.1, 0.15) is 5.75 Å². The molecule has 1 aromatic carbocycles. The molecule has 0 saturated carbocycles. The molecule has 2 saturated heterocycles. The van der Waals surface area contributed by atoms with Gasteiger partial charge < -0.3 is 9.64 Å². The van der Waals surface area contributed by atoms with Crippen molar-refractivity contribution < 1.29 is 13.2 Å². The van der Waals surface area contributed by atoms with Gasteiger partial charge in [0.2, 0.25) is 0 Å². The van der Waals surface area contributed by atoms with Gasteiger partial charge in [-0.05, 0) is 44.0 Å². The third-order valence-electron chi connectivity index (χ3n) is 5.04. The van der Waals surface area contributed by atoms with Gasteiger partial charge in [-0.25, -0.2) is 8.42 Å². The average molecular weight is 353 g/mol. The molecule has 2 bridgehead atoms. The summed E-state index contributed by atoms with van der Waals surface area (Å²) in [7, 11) is -2.88. The molecule has 0 radical (unpaired) electrons. The normalized spacial score (nSPS) is 23.8. The first-order valence-corrected chi connectivity index (χ1v) is 10.8. The SMILES string of the molecule is CCCS(=O)(=O)CCN1C[C@@H]2C[C@H]1CN2c1ccc(OCC)cc1. The van der Waals surface area contributed by atoms with Crippen molar-refractivity contribution in [2.45, 2.75) is 38.8 Å². The van der Waals surface area contributed by atoms with Crippen molar-refractivity contribution in [2.24, 2.45) is 0 Å². The van der Waals surface area contributed by atoms with Crippen molar-refractivity contribution >= 4 is 15.5 Å². The Kier molecular flexibility index (Phi) is 5.35. The number of fused-ring (bicyclic) bond motifs is 2. The minimum atomic E-state index is -2.88. The molecular formula is C18H28N2O3S. The van der Waals surface area contributed by atoms with Crippen LogP contribution in [0, 0.1) is 0 Å². The fraction of sp³-hybridized carbons (Fsp3) is 0.667. The maximum Gasteiger partial charge on any atom is 0.151 e. The minimum absolute atomic E-state index is 0.299. The van der Waals surface area contributed by atoms with E-state index in [0.717, 1.165) is 25.3 Å². The molecule has 3 rings (SSSR count). The quantitative estimate of drug-likeness (QED) is 0.718. The zero-order valence-electron chi connectivity index (χ0n) is 14.6. The molecular weight excluding hydrogens is 324 g/mol. The van der Waals surface area contributed by atoms with E-state index in [1.807, 2.05) is 26.0 Å². The van der Waals surface area contributed by atoms with Crippen LogP contribution < -0.4 is 9.64 Å². The molecule has 134 valence electrons. The molecule has 0 aromatic heterocycles. The Bertz CT molecular complexity index is 645. The number of rotatable bonds is 8. The lowest BCUT2D eigenvalue weighted by Crippen LogP contribution is -2.47. The van der Waals surface area contributed by atoms with Crippen molar-refractivity contribution in [3.8, 4) is 5.75 Å². The molecule has 24 heavy (non-hydrogen) atoms. The van der Waals surface area contributed by atoms with E-state index in [2.05, 4.69) is 21.9 Å². The lowest BCUT2D eigenvalue weighted by Gasteiger charge is -2.35. The maximum atomic E-state index is 11.9. The fourth-order valence-electron chi connectivity index (χ4n) is 3.91. The standard InChI is InChI=1S/C18H28N2O3S/c1-3-10-24(21,22)11-9-19-13-17-12-16(19)14-20(17)15-5-7-18(8-6-15)23-4-2/h5-8,16-17H,3-4,9-14H2,1-2H3/t16-,17-/m0/s1. The highest BCUT2D eigenvalue weighted by Gasteiger charge is 2.43. The van der Waals surface area contributed by atoms with Crippen LogP contribution in [0.3, 0.4) is 0 Å². The Hall–Kier alpha value is -1.27. The van der Waals surface area contributed by atoms with Gasteiger partial charge in [0.05, 0.1) is 12.4 Å². The van der Waals surface area contributed by atoms with E-state index in [4.69, 9.17) is 4.74 Å². The van der Waals surface area contributed by atoms with E-state index in [1.165, 1.54) is 5.69 Å². The maximum absolute atomic E-state index is 11.9. The van der Waals surface area contributed by atoms with Crippen LogP contribution in [-0.4, -0.2) is 63.1 Å². The monoisotopic (exact) mass is 352 g/mol. The second kappa shape index (κ2) is 7.31. The summed E-state index contributed by atoms with van der Waals surface area (Å²) in [4.78, 5) is 4.82. The number of benzene rings is 1. The van der Waals surface area contributed by atoms with Gasteiger partial charge in [0.25, 0.3) is 0 Å². The smallest absolute Gasteiger partial charge is 0.151 e. The number of nitrogens with zero attached hydrogens (tertiary/aromatic N) is 2. The Morgan fingerprint density at radius 2 is 1.83 bits per heavy atom. The Balaban J connectivity index is 1.55. The largest absolute Gasteiger partial charge is 0.494 e. The van der Waals surface area contributed by atoms with Gasteiger partial charge in [-0.1, -0.05) is 6.92 Å². The van der Waals surface area contributed by atoms with Crippen LogP contribution in [0.15, 0.2) is 24.3 Å². The van der Waals surface area contributed by atoms with E-state index in [0.29, 0.717) is 43.2 Å².